The fraction of sp³-hybridized carbons (Fsp3) is 0.100. The van der Waals surface area contributed by atoms with E-state index in [1.807, 2.05) is 0 Å². The van der Waals surface area contributed by atoms with Gasteiger partial charge in [0.15, 0.2) is 5.78 Å². The number of carbonyl (C=O) groups is 3. The summed E-state index contributed by atoms with van der Waals surface area (Å²) < 4.78 is 0. The molecule has 0 aliphatic carbocycles. The van der Waals surface area contributed by atoms with Crippen LogP contribution in [0.25, 0.3) is 0 Å². The van der Waals surface area contributed by atoms with Gasteiger partial charge in [-0.15, -0.1) is 0 Å². The van der Waals surface area contributed by atoms with Crippen molar-refractivity contribution in [2.45, 2.75) is 6.92 Å². The fourth-order valence-corrected chi connectivity index (χ4v) is 0.974. The molecule has 0 aliphatic heterocycles. The lowest BCUT2D eigenvalue weighted by atomic mass is 10.1. The van der Waals surface area contributed by atoms with Crippen LogP contribution in [0.1, 0.15) is 27.6 Å². The highest BCUT2D eigenvalue weighted by Gasteiger charge is 2.06. The number of carboxylic acids is 1. The Morgan fingerprint density at radius 3 is 1.79 bits per heavy atom. The van der Waals surface area contributed by atoms with E-state index in [-0.39, 0.29) is 11.3 Å². The first kappa shape index (κ1) is 10.1. The average molecular weight is 191 g/mol. The van der Waals surface area contributed by atoms with Crippen LogP contribution < -0.4 is 5.11 Å². The molecule has 1 rings (SSSR count). The Morgan fingerprint density at radius 2 is 1.43 bits per heavy atom. The van der Waals surface area contributed by atoms with E-state index in [1.54, 1.807) is 0 Å². The van der Waals surface area contributed by atoms with Crippen molar-refractivity contribution in [3.8, 4) is 0 Å². The van der Waals surface area contributed by atoms with Crippen LogP contribution in [0.3, 0.4) is 0 Å². The molecule has 0 saturated carbocycles. The first-order valence-electron chi connectivity index (χ1n) is 3.89. The highest BCUT2D eigenvalue weighted by molar-refractivity contribution is 6.39. The zero-order valence-electron chi connectivity index (χ0n) is 7.44. The van der Waals surface area contributed by atoms with Crippen LogP contribution in [0, 0.1) is 0 Å². The number of hydrogen-bond acceptors (Lipinski definition) is 4. The normalized spacial score (nSPS) is 9.50. The lowest BCUT2D eigenvalue weighted by molar-refractivity contribution is -0.296. The highest BCUT2D eigenvalue weighted by Crippen LogP contribution is 2.05. The van der Waals surface area contributed by atoms with Gasteiger partial charge in [0.1, 0.15) is 5.97 Å². The van der Waals surface area contributed by atoms with Crippen LogP contribution in [0.5, 0.6) is 0 Å². The van der Waals surface area contributed by atoms with Crippen LogP contribution in [-0.4, -0.2) is 17.5 Å². The van der Waals surface area contributed by atoms with E-state index in [0.29, 0.717) is 5.56 Å². The summed E-state index contributed by atoms with van der Waals surface area (Å²) in [5.74, 6) is -2.97. The maximum atomic E-state index is 10.9. The second-order valence-corrected chi connectivity index (χ2v) is 2.75. The molecule has 72 valence electrons. The van der Waals surface area contributed by atoms with Crippen molar-refractivity contribution in [2.24, 2.45) is 0 Å². The van der Waals surface area contributed by atoms with Crippen LogP contribution >= 0.6 is 0 Å². The van der Waals surface area contributed by atoms with Gasteiger partial charge in [0.05, 0.1) is 0 Å². The van der Waals surface area contributed by atoms with Crippen LogP contribution in [0.15, 0.2) is 24.3 Å². The van der Waals surface area contributed by atoms with E-state index in [4.69, 9.17) is 0 Å². The van der Waals surface area contributed by atoms with Gasteiger partial charge in [-0.2, -0.15) is 0 Å². The molecule has 1 aromatic carbocycles. The first-order valence-corrected chi connectivity index (χ1v) is 3.89. The van der Waals surface area contributed by atoms with Gasteiger partial charge >= 0.3 is 0 Å². The average Bonchev–Trinajstić information content (AvgIpc) is 2.16. The van der Waals surface area contributed by atoms with Crippen molar-refractivity contribution in [3.05, 3.63) is 35.4 Å². The van der Waals surface area contributed by atoms with Gasteiger partial charge in [-0.1, -0.05) is 24.3 Å². The Kier molecular flexibility index (Phi) is 2.76. The van der Waals surface area contributed by atoms with Gasteiger partial charge in [0.2, 0.25) is 5.78 Å². The van der Waals surface area contributed by atoms with Crippen molar-refractivity contribution in [1.82, 2.24) is 0 Å². The van der Waals surface area contributed by atoms with Gasteiger partial charge in [-0.3, -0.25) is 9.59 Å². The summed E-state index contributed by atoms with van der Waals surface area (Å²) in [5, 5.41) is 10.2. The zero-order chi connectivity index (χ0) is 10.7. The number of hydrogen-bond donors (Lipinski definition) is 0. The predicted molar refractivity (Wildman–Crippen MR) is 45.8 cm³/mol. The molecule has 0 heterocycles. The van der Waals surface area contributed by atoms with E-state index in [0.717, 1.165) is 0 Å². The zero-order valence-corrected chi connectivity index (χ0v) is 7.44. The highest BCUT2D eigenvalue weighted by atomic mass is 16.4. The molecule has 0 unspecified atom stereocenters. The maximum Gasteiger partial charge on any atom is 0.208 e. The van der Waals surface area contributed by atoms with Crippen molar-refractivity contribution in [2.75, 3.05) is 0 Å². The van der Waals surface area contributed by atoms with Gasteiger partial charge < -0.3 is 9.90 Å². The van der Waals surface area contributed by atoms with Crippen LogP contribution in [0.4, 0.5) is 0 Å². The van der Waals surface area contributed by atoms with Crippen LogP contribution in [0.2, 0.25) is 0 Å². The molecule has 0 saturated heterocycles. The number of Topliss-reactive ketones (excluding diaryl/α,β-unsaturated/α-hetero) is 2. The summed E-state index contributed by atoms with van der Waals surface area (Å²) in [6.45, 7) is 1.38. The molecular formula is C10H7O4-. The molecule has 0 N–H and O–H groups in total. The van der Waals surface area contributed by atoms with E-state index < -0.39 is 11.8 Å². The number of aliphatic carboxylic acids is 1. The summed E-state index contributed by atoms with van der Waals surface area (Å²) >= 11 is 0. The largest absolute Gasteiger partial charge is 0.541 e. The van der Waals surface area contributed by atoms with E-state index >= 15 is 0 Å². The molecule has 0 atom stereocenters. The molecule has 0 bridgehead atoms. The summed E-state index contributed by atoms with van der Waals surface area (Å²) in [7, 11) is 0. The maximum absolute atomic E-state index is 10.9. The minimum absolute atomic E-state index is 0.00926. The van der Waals surface area contributed by atoms with Gasteiger partial charge in [0, 0.05) is 11.1 Å². The van der Waals surface area contributed by atoms with Crippen molar-refractivity contribution < 1.29 is 19.5 Å². The molecule has 1 aromatic rings. The Bertz CT molecular complexity index is 389. The number of ketones is 2. The predicted octanol–water partition coefficient (Wildman–Crippen LogP) is -0.178. The molecule has 0 radical (unpaired) electrons. The van der Waals surface area contributed by atoms with Crippen molar-refractivity contribution >= 4 is 17.5 Å². The van der Waals surface area contributed by atoms with Gasteiger partial charge in [-0.05, 0) is 6.92 Å². The molecule has 0 aromatic heterocycles. The SMILES string of the molecule is CC(=O)c1ccc(C(=O)C(=O)[O-])cc1. The molecule has 0 fully saturated rings. The van der Waals surface area contributed by atoms with Crippen LogP contribution in [-0.2, 0) is 4.79 Å². The quantitative estimate of drug-likeness (QED) is 0.490. The molecular weight excluding hydrogens is 184 g/mol. The fourth-order valence-electron chi connectivity index (χ4n) is 0.974. The topological polar surface area (TPSA) is 74.3 Å². The Balaban J connectivity index is 3.00. The molecule has 0 amide bonds. The van der Waals surface area contributed by atoms with Crippen molar-refractivity contribution in [1.29, 1.82) is 0 Å². The van der Waals surface area contributed by atoms with E-state index in [2.05, 4.69) is 0 Å². The van der Waals surface area contributed by atoms with E-state index in [1.165, 1.54) is 31.2 Å². The molecule has 14 heavy (non-hydrogen) atoms. The summed E-state index contributed by atoms with van der Waals surface area (Å²) in [4.78, 5) is 31.9. The summed E-state index contributed by atoms with van der Waals surface area (Å²) in [5.41, 5.74) is 0.440. The summed E-state index contributed by atoms with van der Waals surface area (Å²) in [6, 6.07) is 5.38. The number of carbonyl (C=O) groups excluding carboxylic acids is 3. The molecule has 0 aliphatic rings. The summed E-state index contributed by atoms with van der Waals surface area (Å²) in [6.07, 6.45) is 0. The molecule has 4 nitrogen and oxygen atoms in total. The molecule has 0 spiro atoms. The second kappa shape index (κ2) is 3.83. The third kappa shape index (κ3) is 2.04. The monoisotopic (exact) mass is 191 g/mol. The Morgan fingerprint density at radius 1 is 1.00 bits per heavy atom. The lowest BCUT2D eigenvalue weighted by Crippen LogP contribution is -2.31. The third-order valence-corrected chi connectivity index (χ3v) is 1.74. The van der Waals surface area contributed by atoms with E-state index in [9.17, 15) is 19.5 Å². The lowest BCUT2D eigenvalue weighted by Gasteiger charge is -2.01. The van der Waals surface area contributed by atoms with Gasteiger partial charge in [0.25, 0.3) is 0 Å². The van der Waals surface area contributed by atoms with Gasteiger partial charge in [-0.25, -0.2) is 0 Å². The third-order valence-electron chi connectivity index (χ3n) is 1.74. The first-order chi connectivity index (χ1) is 6.52. The smallest absolute Gasteiger partial charge is 0.208 e. The minimum Gasteiger partial charge on any atom is -0.541 e. The minimum atomic E-state index is -1.75. The Labute approximate surface area is 80.2 Å². The molecule has 4 heteroatoms. The van der Waals surface area contributed by atoms with Crippen molar-refractivity contribution in [3.63, 3.8) is 0 Å². The number of benzene rings is 1. The standard InChI is InChI=1S/C10H8O4/c1-6(11)7-2-4-8(5-3-7)9(12)10(13)14/h2-5H,1H3,(H,13,14)/p-1. The Hall–Kier alpha value is -1.97. The number of carboxylic acid groups (broad SMARTS) is 1. The second-order valence-electron chi connectivity index (χ2n) is 2.75. The number of rotatable bonds is 3.